The molecule has 38 heavy (non-hydrogen) atoms. The Kier molecular flexibility index (Phi) is 9.49. The van der Waals surface area contributed by atoms with E-state index in [1.54, 1.807) is 35.2 Å². The van der Waals surface area contributed by atoms with Crippen LogP contribution in [0.1, 0.15) is 42.7 Å². The van der Waals surface area contributed by atoms with Gasteiger partial charge >= 0.3 is 0 Å². The van der Waals surface area contributed by atoms with E-state index in [2.05, 4.69) is 11.9 Å². The Morgan fingerprint density at radius 1 is 1.16 bits per heavy atom. The first-order valence-corrected chi connectivity index (χ1v) is 13.5. The van der Waals surface area contributed by atoms with Crippen molar-refractivity contribution in [2.45, 2.75) is 56.4 Å². The summed E-state index contributed by atoms with van der Waals surface area (Å²) in [6.45, 7) is 3.72. The predicted octanol–water partition coefficient (Wildman–Crippen LogP) is 4.39. The number of carbonyl (C=O) groups is 2. The van der Waals surface area contributed by atoms with Gasteiger partial charge in [-0.15, -0.1) is 6.58 Å². The quantitative estimate of drug-likeness (QED) is 0.280. The molecule has 2 amide bonds. The summed E-state index contributed by atoms with van der Waals surface area (Å²) < 4.78 is 6.16. The van der Waals surface area contributed by atoms with Gasteiger partial charge in [0, 0.05) is 40.7 Å². The summed E-state index contributed by atoms with van der Waals surface area (Å²) in [6.07, 6.45) is 4.13. The largest absolute Gasteiger partial charge is 0.486 e. The minimum absolute atomic E-state index is 0.0790. The van der Waals surface area contributed by atoms with Crippen LogP contribution in [0.4, 0.5) is 0 Å². The number of nitrogens with one attached hydrogen (secondary N) is 1. The van der Waals surface area contributed by atoms with Gasteiger partial charge in [0.1, 0.15) is 18.0 Å². The predicted molar refractivity (Wildman–Crippen MR) is 147 cm³/mol. The lowest BCUT2D eigenvalue weighted by Gasteiger charge is -2.41. The van der Waals surface area contributed by atoms with Gasteiger partial charge < -0.3 is 25.2 Å². The fraction of sp³-hybridized carbons (Fsp3) is 0.379. The molecule has 4 rings (SSSR count). The summed E-state index contributed by atoms with van der Waals surface area (Å²) in [6, 6.07) is 11.6. The van der Waals surface area contributed by atoms with Gasteiger partial charge in [-0.25, -0.2) is 0 Å². The third-order valence-electron chi connectivity index (χ3n) is 6.96. The SMILES string of the molecule is C=CCCCCC(=O)N(Cc1ccc(Cl)cc1Cl)C1C=C(C(=O)NCCO)C2c3ccccc3OC2C1O. The molecule has 0 aromatic heterocycles. The van der Waals surface area contributed by atoms with E-state index in [1.165, 1.54) is 0 Å². The number of aliphatic hydroxyl groups is 2. The number of hydrogen-bond acceptors (Lipinski definition) is 5. The van der Waals surface area contributed by atoms with Crippen LogP contribution in [0.15, 0.2) is 66.8 Å². The number of nitrogens with zero attached hydrogens (tertiary/aromatic N) is 1. The van der Waals surface area contributed by atoms with Crippen molar-refractivity contribution >= 4 is 35.0 Å². The van der Waals surface area contributed by atoms with Gasteiger partial charge in [0.15, 0.2) is 0 Å². The summed E-state index contributed by atoms with van der Waals surface area (Å²) in [5, 5.41) is 24.5. The van der Waals surface area contributed by atoms with Crippen LogP contribution >= 0.6 is 23.2 Å². The van der Waals surface area contributed by atoms with E-state index in [0.717, 1.165) is 18.4 Å². The van der Waals surface area contributed by atoms with E-state index in [-0.39, 0.29) is 37.9 Å². The maximum atomic E-state index is 13.6. The van der Waals surface area contributed by atoms with Crippen LogP contribution in [0.3, 0.4) is 0 Å². The van der Waals surface area contributed by atoms with Gasteiger partial charge in [-0.05, 0) is 49.1 Å². The van der Waals surface area contributed by atoms with E-state index in [9.17, 15) is 19.8 Å². The Morgan fingerprint density at radius 2 is 1.95 bits per heavy atom. The second kappa shape index (κ2) is 12.8. The molecule has 1 heterocycles. The molecule has 2 aromatic rings. The maximum absolute atomic E-state index is 13.6. The number of ether oxygens (including phenoxy) is 1. The standard InChI is InChI=1S/C29H32Cl2N2O5/c1-2-3-4-5-10-25(35)33(17-18-11-12-19(30)15-22(18)31)23-16-21(29(37)32-13-14-34)26-20-8-6-7-9-24(20)38-28(26)27(23)36/h2,6-9,11-12,15-16,23,26-28,34,36H,1,3-5,10,13-14,17H2,(H,32,37). The number of benzene rings is 2. The van der Waals surface area contributed by atoms with Crippen LogP contribution < -0.4 is 10.1 Å². The second-order valence-corrected chi connectivity index (χ2v) is 10.3. The molecule has 2 aromatic carbocycles. The highest BCUT2D eigenvalue weighted by Crippen LogP contribution is 2.47. The van der Waals surface area contributed by atoms with Gasteiger partial charge in [0.05, 0.1) is 18.6 Å². The minimum atomic E-state index is -1.11. The molecule has 7 nitrogen and oxygen atoms in total. The van der Waals surface area contributed by atoms with Crippen LogP contribution in [0.25, 0.3) is 0 Å². The van der Waals surface area contributed by atoms with Crippen LogP contribution in [0, 0.1) is 0 Å². The topological polar surface area (TPSA) is 99.1 Å². The normalized spacial score (nSPS) is 21.5. The van der Waals surface area contributed by atoms with Gasteiger partial charge in [0.25, 0.3) is 0 Å². The molecular formula is C29H32Cl2N2O5. The summed E-state index contributed by atoms with van der Waals surface area (Å²) in [7, 11) is 0. The highest BCUT2D eigenvalue weighted by Gasteiger charge is 2.50. The molecule has 1 aliphatic carbocycles. The highest BCUT2D eigenvalue weighted by atomic mass is 35.5. The molecule has 0 saturated carbocycles. The lowest BCUT2D eigenvalue weighted by Crippen LogP contribution is -2.55. The molecule has 1 aliphatic heterocycles. The van der Waals surface area contributed by atoms with E-state index in [4.69, 9.17) is 27.9 Å². The van der Waals surface area contributed by atoms with Crippen molar-refractivity contribution in [3.63, 3.8) is 0 Å². The number of aliphatic hydroxyl groups excluding tert-OH is 2. The van der Waals surface area contributed by atoms with E-state index in [1.807, 2.05) is 24.3 Å². The van der Waals surface area contributed by atoms with E-state index in [0.29, 0.717) is 33.4 Å². The Bertz CT molecular complexity index is 1220. The van der Waals surface area contributed by atoms with Crippen molar-refractivity contribution in [1.29, 1.82) is 0 Å². The molecule has 4 atom stereocenters. The average Bonchev–Trinajstić information content (AvgIpc) is 3.30. The van der Waals surface area contributed by atoms with Crippen molar-refractivity contribution < 1.29 is 24.5 Å². The molecule has 0 spiro atoms. The molecule has 0 fully saturated rings. The summed E-state index contributed by atoms with van der Waals surface area (Å²) in [5.41, 5.74) is 1.85. The number of unbranched alkanes of at least 4 members (excludes halogenated alkanes) is 2. The zero-order chi connectivity index (χ0) is 27.2. The number of fused-ring (bicyclic) bond motifs is 3. The number of halogens is 2. The summed E-state index contributed by atoms with van der Waals surface area (Å²) in [5.74, 6) is -0.482. The van der Waals surface area contributed by atoms with Gasteiger partial charge in [0.2, 0.25) is 11.8 Å². The lowest BCUT2D eigenvalue weighted by atomic mass is 9.77. The molecule has 0 radical (unpaired) electrons. The monoisotopic (exact) mass is 558 g/mol. The van der Waals surface area contributed by atoms with Gasteiger partial charge in [-0.1, -0.05) is 53.5 Å². The summed E-state index contributed by atoms with van der Waals surface area (Å²) >= 11 is 12.5. The first-order valence-electron chi connectivity index (χ1n) is 12.7. The third-order valence-corrected chi connectivity index (χ3v) is 7.55. The molecule has 9 heteroatoms. The number of amides is 2. The van der Waals surface area contributed by atoms with Crippen LogP contribution in [0.2, 0.25) is 10.0 Å². The van der Waals surface area contributed by atoms with Crippen LogP contribution in [0.5, 0.6) is 5.75 Å². The van der Waals surface area contributed by atoms with Crippen molar-refractivity contribution in [3.8, 4) is 5.75 Å². The van der Waals surface area contributed by atoms with Gasteiger partial charge in [-0.3, -0.25) is 9.59 Å². The fourth-order valence-corrected chi connectivity index (χ4v) is 5.56. The smallest absolute Gasteiger partial charge is 0.247 e. The maximum Gasteiger partial charge on any atom is 0.247 e. The number of allylic oxidation sites excluding steroid dienone is 1. The van der Waals surface area contributed by atoms with Crippen molar-refractivity contribution in [2.24, 2.45) is 0 Å². The van der Waals surface area contributed by atoms with Crippen molar-refractivity contribution in [2.75, 3.05) is 13.2 Å². The number of hydrogen-bond donors (Lipinski definition) is 3. The third kappa shape index (κ3) is 6.07. The molecule has 4 unspecified atom stereocenters. The molecule has 3 N–H and O–H groups in total. The zero-order valence-electron chi connectivity index (χ0n) is 21.0. The summed E-state index contributed by atoms with van der Waals surface area (Å²) in [4.78, 5) is 28.4. The molecule has 0 bridgehead atoms. The molecule has 0 saturated heterocycles. The molecule has 2 aliphatic rings. The number of para-hydroxylation sites is 1. The van der Waals surface area contributed by atoms with Crippen LogP contribution in [-0.4, -0.2) is 58.3 Å². The Balaban J connectivity index is 1.73. The van der Waals surface area contributed by atoms with E-state index < -0.39 is 24.2 Å². The Labute approximate surface area is 232 Å². The molecule has 202 valence electrons. The first-order chi connectivity index (χ1) is 18.3. The second-order valence-electron chi connectivity index (χ2n) is 9.47. The van der Waals surface area contributed by atoms with Crippen molar-refractivity contribution in [3.05, 3.63) is 87.9 Å². The zero-order valence-corrected chi connectivity index (χ0v) is 22.5. The molecular weight excluding hydrogens is 527 g/mol. The fourth-order valence-electron chi connectivity index (χ4n) is 5.09. The Hall–Kier alpha value is -2.84. The highest BCUT2D eigenvalue weighted by molar-refractivity contribution is 6.35. The average molecular weight is 559 g/mol. The van der Waals surface area contributed by atoms with Crippen molar-refractivity contribution in [1.82, 2.24) is 10.2 Å². The van der Waals surface area contributed by atoms with E-state index >= 15 is 0 Å². The van der Waals surface area contributed by atoms with Gasteiger partial charge in [-0.2, -0.15) is 0 Å². The lowest BCUT2D eigenvalue weighted by molar-refractivity contribution is -0.138. The van der Waals surface area contributed by atoms with Crippen LogP contribution in [-0.2, 0) is 16.1 Å². The minimum Gasteiger partial charge on any atom is -0.486 e. The number of rotatable bonds is 11. The Morgan fingerprint density at radius 3 is 2.68 bits per heavy atom. The first kappa shape index (κ1) is 28.2. The number of carbonyl (C=O) groups excluding carboxylic acids is 2.